The van der Waals surface area contributed by atoms with E-state index in [9.17, 15) is 9.90 Å². The van der Waals surface area contributed by atoms with Crippen LogP contribution in [0, 0.1) is 11.3 Å². The van der Waals surface area contributed by atoms with Gasteiger partial charge >= 0.3 is 0 Å². The number of carbonyl (C=O) groups is 1. The van der Waals surface area contributed by atoms with Gasteiger partial charge in [-0.25, -0.2) is 0 Å². The number of Topliss-reactive ketones (excluding diaryl/α,β-unsaturated/α-hetero) is 1. The average Bonchev–Trinajstić information content (AvgIpc) is 2.63. The van der Waals surface area contributed by atoms with Crippen LogP contribution in [0.4, 0.5) is 0 Å². The molecule has 0 aromatic heterocycles. The van der Waals surface area contributed by atoms with Crippen LogP contribution in [-0.4, -0.2) is 43.3 Å². The molecule has 0 bridgehead atoms. The molecular weight excluding hydrogens is 342 g/mol. The Morgan fingerprint density at radius 3 is 2.59 bits per heavy atom. The van der Waals surface area contributed by atoms with Crippen molar-refractivity contribution in [2.24, 2.45) is 11.3 Å². The van der Waals surface area contributed by atoms with E-state index >= 15 is 0 Å². The molecule has 3 atom stereocenters. The highest BCUT2D eigenvalue weighted by atomic mass is 16.5. The van der Waals surface area contributed by atoms with E-state index in [1.165, 1.54) is 26.2 Å². The zero-order valence-electron chi connectivity index (χ0n) is 17.4. The van der Waals surface area contributed by atoms with E-state index < -0.39 is 6.10 Å². The second-order valence-electron chi connectivity index (χ2n) is 8.66. The van der Waals surface area contributed by atoms with Crippen LogP contribution in [0.1, 0.15) is 63.7 Å². The fourth-order valence-corrected chi connectivity index (χ4v) is 3.95. The number of nitrogens with one attached hydrogen (secondary N) is 1. The smallest absolute Gasteiger partial charge is 0.161 e. The Morgan fingerprint density at radius 2 is 1.96 bits per heavy atom. The highest BCUT2D eigenvalue weighted by Gasteiger charge is 2.33. The Hall–Kier alpha value is -1.59. The third-order valence-electron chi connectivity index (χ3n) is 5.50. The van der Waals surface area contributed by atoms with Gasteiger partial charge in [-0.05, 0) is 49.3 Å². The second kappa shape index (κ2) is 9.56. The molecule has 0 saturated heterocycles. The summed E-state index contributed by atoms with van der Waals surface area (Å²) >= 11 is 0. The number of ketones is 1. The monoisotopic (exact) mass is 377 g/mol. The number of benzene rings is 1. The Morgan fingerprint density at radius 1 is 1.26 bits per heavy atom. The lowest BCUT2D eigenvalue weighted by molar-refractivity contribution is 0.0818. The van der Waals surface area contributed by atoms with E-state index in [0.717, 1.165) is 6.42 Å². The number of methoxy groups -OCH3 is 1. The number of ether oxygens (including phenoxy) is 2. The summed E-state index contributed by atoms with van der Waals surface area (Å²) in [5.74, 6) is 1.64. The van der Waals surface area contributed by atoms with Crippen LogP contribution in [0.2, 0.25) is 0 Å². The Labute approximate surface area is 163 Å². The molecule has 5 nitrogen and oxygen atoms in total. The lowest BCUT2D eigenvalue weighted by atomic mass is 9.69. The molecule has 1 fully saturated rings. The molecule has 1 saturated carbocycles. The van der Waals surface area contributed by atoms with Crippen LogP contribution < -0.4 is 14.8 Å². The summed E-state index contributed by atoms with van der Waals surface area (Å²) in [4.78, 5) is 11.5. The highest BCUT2D eigenvalue weighted by Crippen LogP contribution is 2.38. The fourth-order valence-electron chi connectivity index (χ4n) is 3.95. The minimum atomic E-state index is -0.607. The summed E-state index contributed by atoms with van der Waals surface area (Å²) in [5.41, 5.74) is 0.845. The predicted molar refractivity (Wildman–Crippen MR) is 108 cm³/mol. The molecule has 0 aliphatic heterocycles. The molecule has 0 spiro atoms. The van der Waals surface area contributed by atoms with E-state index in [0.29, 0.717) is 35.6 Å². The Bertz CT molecular complexity index is 623. The van der Waals surface area contributed by atoms with Crippen molar-refractivity contribution in [3.8, 4) is 11.5 Å². The number of hydrogen-bond donors (Lipinski definition) is 2. The zero-order valence-corrected chi connectivity index (χ0v) is 17.4. The van der Waals surface area contributed by atoms with Crippen LogP contribution in [0.5, 0.6) is 11.5 Å². The maximum Gasteiger partial charge on any atom is 0.161 e. The average molecular weight is 378 g/mol. The van der Waals surface area contributed by atoms with Gasteiger partial charge in [0.15, 0.2) is 17.3 Å². The molecule has 5 heteroatoms. The summed E-state index contributed by atoms with van der Waals surface area (Å²) < 4.78 is 11.0. The maximum absolute atomic E-state index is 11.5. The molecule has 0 radical (unpaired) electrons. The Balaban J connectivity index is 1.87. The van der Waals surface area contributed by atoms with Crippen molar-refractivity contribution in [1.82, 2.24) is 5.32 Å². The summed E-state index contributed by atoms with van der Waals surface area (Å²) in [5, 5.41) is 13.9. The molecule has 27 heavy (non-hydrogen) atoms. The number of hydrogen-bond acceptors (Lipinski definition) is 5. The first-order chi connectivity index (χ1) is 12.7. The molecule has 152 valence electrons. The molecule has 2 rings (SSSR count). The normalized spacial score (nSPS) is 21.6. The number of rotatable bonds is 8. The molecule has 1 aromatic rings. The molecule has 0 heterocycles. The predicted octanol–water partition coefficient (Wildman–Crippen LogP) is 3.83. The largest absolute Gasteiger partial charge is 0.493 e. The molecule has 1 aliphatic carbocycles. The topological polar surface area (TPSA) is 67.8 Å². The van der Waals surface area contributed by atoms with Crippen molar-refractivity contribution < 1.29 is 19.4 Å². The fraction of sp³-hybridized carbons (Fsp3) is 0.682. The summed E-state index contributed by atoms with van der Waals surface area (Å²) in [6, 6.07) is 5.53. The van der Waals surface area contributed by atoms with Gasteiger partial charge in [-0.3, -0.25) is 4.79 Å². The minimum Gasteiger partial charge on any atom is -0.493 e. The van der Waals surface area contributed by atoms with Gasteiger partial charge in [0.25, 0.3) is 0 Å². The van der Waals surface area contributed by atoms with Crippen LogP contribution in [0.3, 0.4) is 0 Å². The molecule has 0 amide bonds. The van der Waals surface area contributed by atoms with Gasteiger partial charge in [0.1, 0.15) is 12.7 Å². The first kappa shape index (κ1) is 21.7. The molecule has 2 N–H and O–H groups in total. The number of aliphatic hydroxyl groups is 1. The molecule has 1 aliphatic rings. The van der Waals surface area contributed by atoms with Gasteiger partial charge in [0.05, 0.1) is 7.11 Å². The van der Waals surface area contributed by atoms with Crippen LogP contribution >= 0.6 is 0 Å². The van der Waals surface area contributed by atoms with Crippen LogP contribution in [0.25, 0.3) is 0 Å². The van der Waals surface area contributed by atoms with Crippen molar-refractivity contribution in [3.63, 3.8) is 0 Å². The van der Waals surface area contributed by atoms with E-state index in [4.69, 9.17) is 9.47 Å². The Kier molecular flexibility index (Phi) is 7.68. The van der Waals surface area contributed by atoms with Crippen LogP contribution in [0.15, 0.2) is 18.2 Å². The summed E-state index contributed by atoms with van der Waals surface area (Å²) in [6.07, 6.45) is 4.34. The quantitative estimate of drug-likeness (QED) is 0.674. The standard InChI is InChI=1S/C22H35NO4/c1-15(24)16-10-11-20(21(12-16)26-5)27-14-17(25)13-23-19-9-7-6-8-18(19)22(2,3)4/h10-12,17-19,23,25H,6-9,13-14H2,1-5H3. The first-order valence-electron chi connectivity index (χ1n) is 9.95. The number of carbonyl (C=O) groups excluding carboxylic acids is 1. The highest BCUT2D eigenvalue weighted by molar-refractivity contribution is 5.94. The van der Waals surface area contributed by atoms with Crippen molar-refractivity contribution in [1.29, 1.82) is 0 Å². The lowest BCUT2D eigenvalue weighted by Crippen LogP contribution is -2.47. The van der Waals surface area contributed by atoms with Crippen molar-refractivity contribution >= 4 is 5.78 Å². The van der Waals surface area contributed by atoms with Gasteiger partial charge in [0.2, 0.25) is 0 Å². The van der Waals surface area contributed by atoms with E-state index in [2.05, 4.69) is 26.1 Å². The molecule has 1 aromatic carbocycles. The minimum absolute atomic E-state index is 0.0232. The lowest BCUT2D eigenvalue weighted by Gasteiger charge is -2.41. The first-order valence-corrected chi connectivity index (χ1v) is 9.95. The van der Waals surface area contributed by atoms with E-state index in [1.807, 2.05) is 0 Å². The van der Waals surface area contributed by atoms with Gasteiger partial charge in [-0.1, -0.05) is 33.6 Å². The maximum atomic E-state index is 11.5. The molecule has 3 unspecified atom stereocenters. The third kappa shape index (κ3) is 6.22. The van der Waals surface area contributed by atoms with Crippen molar-refractivity contribution in [3.05, 3.63) is 23.8 Å². The van der Waals surface area contributed by atoms with E-state index in [-0.39, 0.29) is 17.8 Å². The zero-order chi connectivity index (χ0) is 20.0. The van der Waals surface area contributed by atoms with Crippen molar-refractivity contribution in [2.75, 3.05) is 20.3 Å². The summed E-state index contributed by atoms with van der Waals surface area (Å²) in [6.45, 7) is 9.10. The van der Waals surface area contributed by atoms with Crippen molar-refractivity contribution in [2.45, 2.75) is 65.5 Å². The van der Waals surface area contributed by atoms with E-state index in [1.54, 1.807) is 25.3 Å². The van der Waals surface area contributed by atoms with Gasteiger partial charge < -0.3 is 19.9 Å². The molecular formula is C22H35NO4. The van der Waals surface area contributed by atoms with Gasteiger partial charge in [-0.2, -0.15) is 0 Å². The third-order valence-corrected chi connectivity index (χ3v) is 5.50. The second-order valence-corrected chi connectivity index (χ2v) is 8.66. The summed E-state index contributed by atoms with van der Waals surface area (Å²) in [7, 11) is 1.54. The van der Waals surface area contributed by atoms with Gasteiger partial charge in [-0.15, -0.1) is 0 Å². The number of aliphatic hydroxyl groups excluding tert-OH is 1. The SMILES string of the molecule is COc1cc(C(C)=O)ccc1OCC(O)CNC1CCCCC1C(C)(C)C. The van der Waals surface area contributed by atoms with Gasteiger partial charge in [0, 0.05) is 18.2 Å². The van der Waals surface area contributed by atoms with Crippen LogP contribution in [-0.2, 0) is 0 Å².